The quantitative estimate of drug-likeness (QED) is 0.778. The molecule has 6 heteroatoms. The molecule has 0 atom stereocenters. The highest BCUT2D eigenvalue weighted by atomic mass is 35.5. The van der Waals surface area contributed by atoms with Crippen LogP contribution in [0.3, 0.4) is 0 Å². The van der Waals surface area contributed by atoms with Crippen LogP contribution in [0.5, 0.6) is 0 Å². The predicted octanol–water partition coefficient (Wildman–Crippen LogP) is 1.67. The third-order valence-corrected chi connectivity index (χ3v) is 3.36. The van der Waals surface area contributed by atoms with E-state index in [4.69, 9.17) is 4.74 Å². The van der Waals surface area contributed by atoms with Crippen LogP contribution in [0.1, 0.15) is 9.75 Å². The molecule has 1 amide bonds. The Balaban J connectivity index is 0.00000289. The van der Waals surface area contributed by atoms with Crippen LogP contribution < -0.4 is 5.32 Å². The molecular weight excluding hydrogens is 272 g/mol. The van der Waals surface area contributed by atoms with Crippen molar-refractivity contribution in [3.63, 3.8) is 0 Å². The van der Waals surface area contributed by atoms with Gasteiger partial charge in [0.05, 0.1) is 19.7 Å². The second kappa shape index (κ2) is 9.33. The maximum Gasteiger partial charge on any atom is 0.236 e. The van der Waals surface area contributed by atoms with Gasteiger partial charge in [-0.15, -0.1) is 23.7 Å². The van der Waals surface area contributed by atoms with Crippen molar-refractivity contribution in [3.05, 3.63) is 21.9 Å². The molecule has 1 aromatic rings. The Hall–Kier alpha value is -0.620. The zero-order chi connectivity index (χ0) is 12.7. The van der Waals surface area contributed by atoms with Gasteiger partial charge in [-0.1, -0.05) is 0 Å². The number of methoxy groups -OCH3 is 1. The molecular formula is C12H21ClN2O2S. The van der Waals surface area contributed by atoms with Crippen molar-refractivity contribution < 1.29 is 9.53 Å². The number of hydrogen-bond acceptors (Lipinski definition) is 4. The van der Waals surface area contributed by atoms with Crippen molar-refractivity contribution in [2.24, 2.45) is 0 Å². The summed E-state index contributed by atoms with van der Waals surface area (Å²) in [5.41, 5.74) is 0. The highest BCUT2D eigenvalue weighted by Crippen LogP contribution is 2.16. The predicted molar refractivity (Wildman–Crippen MR) is 77.5 cm³/mol. The summed E-state index contributed by atoms with van der Waals surface area (Å²) >= 11 is 1.73. The van der Waals surface area contributed by atoms with Crippen LogP contribution >= 0.6 is 23.7 Å². The molecule has 0 saturated carbocycles. The first-order chi connectivity index (χ1) is 8.13. The van der Waals surface area contributed by atoms with E-state index in [1.165, 1.54) is 9.75 Å². The van der Waals surface area contributed by atoms with Crippen LogP contribution in [0.15, 0.2) is 12.1 Å². The van der Waals surface area contributed by atoms with Gasteiger partial charge >= 0.3 is 0 Å². The zero-order valence-corrected chi connectivity index (χ0v) is 12.7. The standard InChI is InChI=1S/C12H20N2O2S.ClH/c1-10-4-5-11(17-10)9-14(2)12(15)8-13-6-7-16-3;/h4-5,13H,6-9H2,1-3H3;1H. The first-order valence-corrected chi connectivity index (χ1v) is 6.44. The minimum Gasteiger partial charge on any atom is -0.383 e. The number of amides is 1. The Morgan fingerprint density at radius 1 is 1.50 bits per heavy atom. The van der Waals surface area contributed by atoms with Gasteiger partial charge in [-0.25, -0.2) is 0 Å². The molecule has 1 rings (SSSR count). The fourth-order valence-corrected chi connectivity index (χ4v) is 2.34. The van der Waals surface area contributed by atoms with Gasteiger partial charge in [-0.2, -0.15) is 0 Å². The average Bonchev–Trinajstić information content (AvgIpc) is 2.70. The molecule has 0 aromatic carbocycles. The van der Waals surface area contributed by atoms with Crippen molar-refractivity contribution in [2.45, 2.75) is 13.5 Å². The van der Waals surface area contributed by atoms with E-state index in [9.17, 15) is 4.79 Å². The fraction of sp³-hybridized carbons (Fsp3) is 0.583. The Labute approximate surface area is 119 Å². The molecule has 0 spiro atoms. The normalized spacial score (nSPS) is 9.94. The molecule has 0 aliphatic heterocycles. The number of likely N-dealkylation sites (N-methyl/N-ethyl adjacent to an activating group) is 1. The first-order valence-electron chi connectivity index (χ1n) is 5.62. The van der Waals surface area contributed by atoms with E-state index in [0.717, 1.165) is 0 Å². The van der Waals surface area contributed by atoms with E-state index in [1.54, 1.807) is 23.3 Å². The number of carbonyl (C=O) groups is 1. The first kappa shape index (κ1) is 17.4. The van der Waals surface area contributed by atoms with E-state index in [1.807, 2.05) is 7.05 Å². The van der Waals surface area contributed by atoms with Gasteiger partial charge < -0.3 is 15.0 Å². The molecule has 0 aliphatic rings. The van der Waals surface area contributed by atoms with Gasteiger partial charge in [0.1, 0.15) is 0 Å². The summed E-state index contributed by atoms with van der Waals surface area (Å²) in [5.74, 6) is 0.104. The molecule has 0 aliphatic carbocycles. The van der Waals surface area contributed by atoms with Crippen molar-refractivity contribution in [1.82, 2.24) is 10.2 Å². The number of rotatable bonds is 7. The lowest BCUT2D eigenvalue weighted by molar-refractivity contribution is -0.129. The molecule has 18 heavy (non-hydrogen) atoms. The molecule has 0 radical (unpaired) electrons. The van der Waals surface area contributed by atoms with Crippen LogP contribution in [0, 0.1) is 6.92 Å². The SMILES string of the molecule is COCCNCC(=O)N(C)Cc1ccc(C)s1.Cl. The Bertz CT molecular complexity index is 358. The summed E-state index contributed by atoms with van der Waals surface area (Å²) in [4.78, 5) is 16.0. The lowest BCUT2D eigenvalue weighted by atomic mass is 10.4. The zero-order valence-electron chi connectivity index (χ0n) is 11.1. The van der Waals surface area contributed by atoms with Crippen molar-refractivity contribution in [3.8, 4) is 0 Å². The summed E-state index contributed by atoms with van der Waals surface area (Å²) in [7, 11) is 3.48. The Morgan fingerprint density at radius 2 is 2.22 bits per heavy atom. The molecule has 0 fully saturated rings. The van der Waals surface area contributed by atoms with Gasteiger partial charge in [0, 0.05) is 30.5 Å². The van der Waals surface area contributed by atoms with Crippen LogP contribution in [0.4, 0.5) is 0 Å². The number of aryl methyl sites for hydroxylation is 1. The number of nitrogens with one attached hydrogen (secondary N) is 1. The molecule has 1 heterocycles. The Kier molecular flexibility index (Phi) is 9.01. The summed E-state index contributed by atoms with van der Waals surface area (Å²) in [5, 5.41) is 3.05. The smallest absolute Gasteiger partial charge is 0.236 e. The van der Waals surface area contributed by atoms with Crippen LogP contribution in [0.2, 0.25) is 0 Å². The third kappa shape index (κ3) is 6.35. The second-order valence-corrected chi connectivity index (χ2v) is 5.30. The van der Waals surface area contributed by atoms with E-state index < -0.39 is 0 Å². The van der Waals surface area contributed by atoms with Crippen LogP contribution in [-0.2, 0) is 16.1 Å². The Morgan fingerprint density at radius 3 is 2.78 bits per heavy atom. The van der Waals surface area contributed by atoms with Gasteiger partial charge in [-0.05, 0) is 19.1 Å². The highest BCUT2D eigenvalue weighted by Gasteiger charge is 2.09. The maximum atomic E-state index is 11.7. The van der Waals surface area contributed by atoms with E-state index in [-0.39, 0.29) is 18.3 Å². The topological polar surface area (TPSA) is 41.6 Å². The van der Waals surface area contributed by atoms with Gasteiger partial charge in [0.15, 0.2) is 0 Å². The lowest BCUT2D eigenvalue weighted by Crippen LogP contribution is -2.36. The molecule has 104 valence electrons. The average molecular weight is 293 g/mol. The number of carbonyl (C=O) groups excluding carboxylic acids is 1. The fourth-order valence-electron chi connectivity index (χ4n) is 1.40. The van der Waals surface area contributed by atoms with Gasteiger partial charge in [0.25, 0.3) is 0 Å². The molecule has 0 bridgehead atoms. The van der Waals surface area contributed by atoms with Crippen LogP contribution in [0.25, 0.3) is 0 Å². The van der Waals surface area contributed by atoms with Crippen molar-refractivity contribution in [1.29, 1.82) is 0 Å². The van der Waals surface area contributed by atoms with E-state index in [0.29, 0.717) is 26.2 Å². The number of ether oxygens (including phenoxy) is 1. The molecule has 4 nitrogen and oxygen atoms in total. The summed E-state index contributed by atoms with van der Waals surface area (Å²) in [6, 6.07) is 4.15. The minimum absolute atomic E-state index is 0. The van der Waals surface area contributed by atoms with Crippen molar-refractivity contribution >= 4 is 29.7 Å². The summed E-state index contributed by atoms with van der Waals surface area (Å²) in [6.45, 7) is 4.45. The molecule has 1 N–H and O–H groups in total. The number of halogens is 1. The third-order valence-electron chi connectivity index (χ3n) is 2.37. The number of hydrogen-bond donors (Lipinski definition) is 1. The number of thiophene rings is 1. The summed E-state index contributed by atoms with van der Waals surface area (Å²) < 4.78 is 4.90. The summed E-state index contributed by atoms with van der Waals surface area (Å²) in [6.07, 6.45) is 0. The van der Waals surface area contributed by atoms with Crippen LogP contribution in [-0.4, -0.2) is 44.7 Å². The lowest BCUT2D eigenvalue weighted by Gasteiger charge is -2.16. The molecule has 0 saturated heterocycles. The van der Waals surface area contributed by atoms with E-state index in [2.05, 4.69) is 24.4 Å². The van der Waals surface area contributed by atoms with Gasteiger partial charge in [0.2, 0.25) is 5.91 Å². The molecule has 1 aromatic heterocycles. The monoisotopic (exact) mass is 292 g/mol. The second-order valence-electron chi connectivity index (χ2n) is 3.93. The maximum absolute atomic E-state index is 11.7. The van der Waals surface area contributed by atoms with Gasteiger partial charge in [-0.3, -0.25) is 4.79 Å². The largest absolute Gasteiger partial charge is 0.383 e. The van der Waals surface area contributed by atoms with Crippen molar-refractivity contribution in [2.75, 3.05) is 33.9 Å². The highest BCUT2D eigenvalue weighted by molar-refractivity contribution is 7.11. The minimum atomic E-state index is 0. The van der Waals surface area contributed by atoms with E-state index >= 15 is 0 Å². The molecule has 0 unspecified atom stereocenters. The number of nitrogens with zero attached hydrogens (tertiary/aromatic N) is 1.